The molecule has 20 heavy (non-hydrogen) atoms. The summed E-state index contributed by atoms with van der Waals surface area (Å²) in [5.41, 5.74) is 1.91. The van der Waals surface area contributed by atoms with Crippen LogP contribution in [0, 0.1) is 0 Å². The van der Waals surface area contributed by atoms with Crippen molar-refractivity contribution in [3.8, 4) is 17.0 Å². The van der Waals surface area contributed by atoms with Crippen molar-refractivity contribution in [1.82, 2.24) is 9.97 Å². The first-order chi connectivity index (χ1) is 9.85. The summed E-state index contributed by atoms with van der Waals surface area (Å²) >= 11 is 1.71. The summed E-state index contributed by atoms with van der Waals surface area (Å²) in [5.74, 6) is 1.42. The molecule has 0 saturated carbocycles. The zero-order chi connectivity index (χ0) is 13.9. The van der Waals surface area contributed by atoms with Gasteiger partial charge in [-0.25, -0.2) is 9.97 Å². The predicted octanol–water partition coefficient (Wildman–Crippen LogP) is 3.80. The Morgan fingerprint density at radius 1 is 1.25 bits per heavy atom. The van der Waals surface area contributed by atoms with Gasteiger partial charge in [-0.3, -0.25) is 0 Å². The second-order valence-electron chi connectivity index (χ2n) is 4.28. The lowest BCUT2D eigenvalue weighted by Crippen LogP contribution is -2.04. The third-order valence-electron chi connectivity index (χ3n) is 3.09. The third-order valence-corrected chi connectivity index (χ3v) is 4.05. The summed E-state index contributed by atoms with van der Waals surface area (Å²) in [7, 11) is 1.65. The molecule has 0 aliphatic rings. The molecular formula is C15H15N3OS. The molecule has 0 radical (unpaired) electrons. The molecule has 0 saturated heterocycles. The minimum absolute atomic E-state index is 0.690. The van der Waals surface area contributed by atoms with E-state index in [1.54, 1.807) is 24.8 Å². The van der Waals surface area contributed by atoms with E-state index in [1.165, 1.54) is 10.1 Å². The normalized spacial score (nSPS) is 10.7. The summed E-state index contributed by atoms with van der Waals surface area (Å²) in [6.07, 6.45) is 1.57. The fourth-order valence-electron chi connectivity index (χ4n) is 2.23. The van der Waals surface area contributed by atoms with Gasteiger partial charge in [0.25, 0.3) is 0 Å². The Labute approximate surface area is 121 Å². The van der Waals surface area contributed by atoms with Crippen LogP contribution in [0.25, 0.3) is 21.3 Å². The maximum Gasteiger partial charge on any atom is 0.187 e. The molecular weight excluding hydrogens is 270 g/mol. The average molecular weight is 285 g/mol. The monoisotopic (exact) mass is 285 g/mol. The Morgan fingerprint density at radius 2 is 2.15 bits per heavy atom. The first-order valence-corrected chi connectivity index (χ1v) is 7.32. The number of rotatable bonds is 4. The summed E-state index contributed by atoms with van der Waals surface area (Å²) in [6, 6.07) is 8.33. The highest BCUT2D eigenvalue weighted by molar-refractivity contribution is 7.17. The van der Waals surface area contributed by atoms with Crippen molar-refractivity contribution in [1.29, 1.82) is 0 Å². The Morgan fingerprint density at radius 3 is 2.95 bits per heavy atom. The molecule has 4 nitrogen and oxygen atoms in total. The highest BCUT2D eigenvalue weighted by Crippen LogP contribution is 2.38. The van der Waals surface area contributed by atoms with Gasteiger partial charge in [0, 0.05) is 16.8 Å². The Balaban J connectivity index is 2.23. The number of nitrogens with one attached hydrogen (secondary N) is 1. The molecule has 3 aromatic rings. The van der Waals surface area contributed by atoms with Gasteiger partial charge in [0.1, 0.15) is 12.0 Å². The van der Waals surface area contributed by atoms with Crippen LogP contribution in [0.1, 0.15) is 6.92 Å². The molecule has 2 aromatic heterocycles. The van der Waals surface area contributed by atoms with Crippen molar-refractivity contribution in [3.05, 3.63) is 36.0 Å². The van der Waals surface area contributed by atoms with Crippen LogP contribution in [0.2, 0.25) is 0 Å². The molecule has 1 N–H and O–H groups in total. The van der Waals surface area contributed by atoms with Crippen molar-refractivity contribution in [2.75, 3.05) is 19.0 Å². The van der Waals surface area contributed by atoms with Gasteiger partial charge in [0.15, 0.2) is 11.6 Å². The quantitative estimate of drug-likeness (QED) is 0.792. The maximum atomic E-state index is 5.53. The minimum Gasteiger partial charge on any atom is -0.491 e. The SMILES string of the molecule is CCNc1ncnc(-c2cccc3ccsc23)c1OC. The number of anilines is 1. The van der Waals surface area contributed by atoms with Crippen molar-refractivity contribution in [2.45, 2.75) is 6.92 Å². The lowest BCUT2D eigenvalue weighted by atomic mass is 10.1. The van der Waals surface area contributed by atoms with E-state index in [-0.39, 0.29) is 0 Å². The number of aromatic nitrogens is 2. The van der Waals surface area contributed by atoms with E-state index in [0.29, 0.717) is 5.75 Å². The van der Waals surface area contributed by atoms with Crippen molar-refractivity contribution in [3.63, 3.8) is 0 Å². The average Bonchev–Trinajstić information content (AvgIpc) is 2.95. The molecule has 0 fully saturated rings. The van der Waals surface area contributed by atoms with E-state index in [2.05, 4.69) is 38.9 Å². The topological polar surface area (TPSA) is 47.0 Å². The molecule has 102 valence electrons. The number of nitrogens with zero attached hydrogens (tertiary/aromatic N) is 2. The van der Waals surface area contributed by atoms with E-state index in [4.69, 9.17) is 4.74 Å². The molecule has 0 aliphatic carbocycles. The second-order valence-corrected chi connectivity index (χ2v) is 5.20. The van der Waals surface area contributed by atoms with Crippen LogP contribution in [0.5, 0.6) is 5.75 Å². The van der Waals surface area contributed by atoms with Gasteiger partial charge in [-0.05, 0) is 23.8 Å². The molecule has 0 amide bonds. The molecule has 5 heteroatoms. The van der Waals surface area contributed by atoms with Crippen LogP contribution in [0.3, 0.4) is 0 Å². The standard InChI is InChI=1S/C15H15N3OS/c1-3-16-15-13(19-2)12(17-9-18-15)11-6-4-5-10-7-8-20-14(10)11/h4-9H,3H2,1-2H3,(H,16,17,18). The first-order valence-electron chi connectivity index (χ1n) is 6.44. The van der Waals surface area contributed by atoms with E-state index in [0.717, 1.165) is 23.6 Å². The van der Waals surface area contributed by atoms with E-state index < -0.39 is 0 Å². The molecule has 1 aromatic carbocycles. The van der Waals surface area contributed by atoms with Crippen molar-refractivity contribution < 1.29 is 4.74 Å². The summed E-state index contributed by atoms with van der Waals surface area (Å²) in [4.78, 5) is 8.67. The Kier molecular flexibility index (Phi) is 3.52. The molecule has 3 rings (SSSR count). The summed E-state index contributed by atoms with van der Waals surface area (Å²) in [6.45, 7) is 2.82. The highest BCUT2D eigenvalue weighted by Gasteiger charge is 2.15. The van der Waals surface area contributed by atoms with Crippen LogP contribution < -0.4 is 10.1 Å². The zero-order valence-corrected chi connectivity index (χ0v) is 12.2. The van der Waals surface area contributed by atoms with E-state index in [9.17, 15) is 0 Å². The highest BCUT2D eigenvalue weighted by atomic mass is 32.1. The van der Waals surface area contributed by atoms with E-state index >= 15 is 0 Å². The fourth-order valence-corrected chi connectivity index (χ4v) is 3.15. The molecule has 0 bridgehead atoms. The number of thiophene rings is 1. The van der Waals surface area contributed by atoms with Crippen LogP contribution in [0.4, 0.5) is 5.82 Å². The Bertz CT molecular complexity index is 739. The molecule has 0 spiro atoms. The number of hydrogen-bond acceptors (Lipinski definition) is 5. The van der Waals surface area contributed by atoms with Crippen molar-refractivity contribution >= 4 is 27.2 Å². The smallest absolute Gasteiger partial charge is 0.187 e. The first kappa shape index (κ1) is 12.9. The van der Waals surface area contributed by atoms with Crippen LogP contribution >= 0.6 is 11.3 Å². The number of benzene rings is 1. The van der Waals surface area contributed by atoms with Crippen LogP contribution in [-0.4, -0.2) is 23.6 Å². The van der Waals surface area contributed by atoms with Crippen LogP contribution in [0.15, 0.2) is 36.0 Å². The largest absolute Gasteiger partial charge is 0.491 e. The fraction of sp³-hybridized carbons (Fsp3) is 0.200. The number of fused-ring (bicyclic) bond motifs is 1. The van der Waals surface area contributed by atoms with Crippen LogP contribution in [-0.2, 0) is 0 Å². The number of ether oxygens (including phenoxy) is 1. The summed E-state index contributed by atoms with van der Waals surface area (Å²) in [5, 5.41) is 6.52. The Hall–Kier alpha value is -2.14. The van der Waals surface area contributed by atoms with Gasteiger partial charge < -0.3 is 10.1 Å². The van der Waals surface area contributed by atoms with E-state index in [1.807, 2.05) is 13.0 Å². The van der Waals surface area contributed by atoms with Crippen molar-refractivity contribution in [2.24, 2.45) is 0 Å². The predicted molar refractivity (Wildman–Crippen MR) is 83.6 cm³/mol. The van der Waals surface area contributed by atoms with Gasteiger partial charge >= 0.3 is 0 Å². The zero-order valence-electron chi connectivity index (χ0n) is 11.4. The lowest BCUT2D eigenvalue weighted by Gasteiger charge is -2.12. The molecule has 2 heterocycles. The van der Waals surface area contributed by atoms with Gasteiger partial charge in [-0.2, -0.15) is 0 Å². The van der Waals surface area contributed by atoms with Gasteiger partial charge in [-0.15, -0.1) is 11.3 Å². The number of hydrogen-bond donors (Lipinski definition) is 1. The molecule has 0 unspecified atom stereocenters. The van der Waals surface area contributed by atoms with Gasteiger partial charge in [0.05, 0.1) is 7.11 Å². The lowest BCUT2D eigenvalue weighted by molar-refractivity contribution is 0.414. The number of methoxy groups -OCH3 is 1. The minimum atomic E-state index is 0.690. The van der Waals surface area contributed by atoms with Gasteiger partial charge in [-0.1, -0.05) is 18.2 Å². The molecule has 0 aliphatic heterocycles. The molecule has 0 atom stereocenters. The van der Waals surface area contributed by atoms with Gasteiger partial charge in [0.2, 0.25) is 0 Å². The second kappa shape index (κ2) is 5.46. The third kappa shape index (κ3) is 2.10. The maximum absolute atomic E-state index is 5.53. The summed E-state index contributed by atoms with van der Waals surface area (Å²) < 4.78 is 6.74.